The van der Waals surface area contributed by atoms with Gasteiger partial charge in [-0.15, -0.1) is 0 Å². The highest BCUT2D eigenvalue weighted by atomic mass is 16.1. The third-order valence-corrected chi connectivity index (χ3v) is 5.49. The molecule has 0 spiro atoms. The SMILES string of the molecule is C=CC(=O)c1cc2c(c3c1CCCCCC3)C(=O)c1ccccc1C2=O. The number of benzene rings is 2. The average Bonchev–Trinajstić information content (AvgIpc) is 2.65. The van der Waals surface area contributed by atoms with Gasteiger partial charge in [0.15, 0.2) is 17.3 Å². The molecular formula is C23H20O3. The number of carbonyl (C=O) groups is 3. The molecule has 2 aromatic carbocycles. The molecule has 0 N–H and O–H groups in total. The van der Waals surface area contributed by atoms with Crippen LogP contribution in [-0.2, 0) is 12.8 Å². The van der Waals surface area contributed by atoms with E-state index in [0.717, 1.165) is 49.7 Å². The van der Waals surface area contributed by atoms with Gasteiger partial charge in [-0.05, 0) is 49.0 Å². The molecule has 0 saturated carbocycles. The van der Waals surface area contributed by atoms with Gasteiger partial charge in [0, 0.05) is 27.8 Å². The van der Waals surface area contributed by atoms with Crippen molar-refractivity contribution in [2.75, 3.05) is 0 Å². The van der Waals surface area contributed by atoms with E-state index in [0.29, 0.717) is 27.8 Å². The zero-order valence-electron chi connectivity index (χ0n) is 14.6. The molecule has 0 fully saturated rings. The second-order valence-corrected chi connectivity index (χ2v) is 6.99. The Bertz CT molecular complexity index is 966. The fraction of sp³-hybridized carbons (Fsp3) is 0.261. The molecule has 2 aromatic rings. The van der Waals surface area contributed by atoms with E-state index in [1.807, 2.05) is 0 Å². The summed E-state index contributed by atoms with van der Waals surface area (Å²) >= 11 is 0. The monoisotopic (exact) mass is 344 g/mol. The topological polar surface area (TPSA) is 51.2 Å². The molecule has 0 heterocycles. The fourth-order valence-corrected chi connectivity index (χ4v) is 4.23. The van der Waals surface area contributed by atoms with Gasteiger partial charge in [-0.25, -0.2) is 0 Å². The molecule has 26 heavy (non-hydrogen) atoms. The molecule has 130 valence electrons. The molecule has 0 aromatic heterocycles. The number of fused-ring (bicyclic) bond motifs is 4. The van der Waals surface area contributed by atoms with Crippen molar-refractivity contribution in [2.45, 2.75) is 38.5 Å². The lowest BCUT2D eigenvalue weighted by Gasteiger charge is -2.25. The van der Waals surface area contributed by atoms with Gasteiger partial charge >= 0.3 is 0 Å². The van der Waals surface area contributed by atoms with Crippen molar-refractivity contribution in [2.24, 2.45) is 0 Å². The van der Waals surface area contributed by atoms with Crippen molar-refractivity contribution in [3.8, 4) is 0 Å². The summed E-state index contributed by atoms with van der Waals surface area (Å²) in [6, 6.07) is 8.59. The summed E-state index contributed by atoms with van der Waals surface area (Å²) in [5, 5.41) is 0. The predicted octanol–water partition coefficient (Wildman–Crippen LogP) is 4.49. The first-order valence-corrected chi connectivity index (χ1v) is 9.17. The van der Waals surface area contributed by atoms with Gasteiger partial charge < -0.3 is 0 Å². The lowest BCUT2D eigenvalue weighted by atomic mass is 9.76. The van der Waals surface area contributed by atoms with Crippen LogP contribution in [0.1, 0.15) is 79.0 Å². The summed E-state index contributed by atoms with van der Waals surface area (Å²) in [6.45, 7) is 3.61. The number of hydrogen-bond acceptors (Lipinski definition) is 3. The van der Waals surface area contributed by atoms with Crippen molar-refractivity contribution < 1.29 is 14.4 Å². The van der Waals surface area contributed by atoms with Crippen molar-refractivity contribution in [1.29, 1.82) is 0 Å². The minimum Gasteiger partial charge on any atom is -0.289 e. The maximum absolute atomic E-state index is 13.2. The Labute approximate surface area is 152 Å². The highest BCUT2D eigenvalue weighted by Crippen LogP contribution is 2.35. The minimum absolute atomic E-state index is 0.0929. The van der Waals surface area contributed by atoms with Crippen LogP contribution in [0.5, 0.6) is 0 Å². The fourth-order valence-electron chi connectivity index (χ4n) is 4.23. The van der Waals surface area contributed by atoms with E-state index in [1.165, 1.54) is 6.08 Å². The Morgan fingerprint density at radius 1 is 0.846 bits per heavy atom. The molecule has 2 aliphatic carbocycles. The molecule has 0 atom stereocenters. The number of rotatable bonds is 2. The van der Waals surface area contributed by atoms with E-state index in [4.69, 9.17) is 0 Å². The molecule has 3 heteroatoms. The Morgan fingerprint density at radius 2 is 1.46 bits per heavy atom. The van der Waals surface area contributed by atoms with Crippen LogP contribution in [0.25, 0.3) is 0 Å². The first-order valence-electron chi connectivity index (χ1n) is 9.17. The van der Waals surface area contributed by atoms with Crippen LogP contribution < -0.4 is 0 Å². The van der Waals surface area contributed by atoms with E-state index in [2.05, 4.69) is 6.58 Å². The maximum Gasteiger partial charge on any atom is 0.194 e. The van der Waals surface area contributed by atoms with Gasteiger partial charge in [0.2, 0.25) is 0 Å². The third kappa shape index (κ3) is 2.47. The zero-order chi connectivity index (χ0) is 18.3. The van der Waals surface area contributed by atoms with Crippen LogP contribution in [0.15, 0.2) is 43.0 Å². The first kappa shape index (κ1) is 16.6. The molecule has 0 bridgehead atoms. The number of carbonyl (C=O) groups excluding carboxylic acids is 3. The van der Waals surface area contributed by atoms with Crippen LogP contribution >= 0.6 is 0 Å². The number of allylic oxidation sites excluding steroid dienone is 1. The van der Waals surface area contributed by atoms with Crippen molar-refractivity contribution in [1.82, 2.24) is 0 Å². The second-order valence-electron chi connectivity index (χ2n) is 6.99. The summed E-state index contributed by atoms with van der Waals surface area (Å²) in [5.41, 5.74) is 4.17. The maximum atomic E-state index is 13.2. The number of hydrogen-bond donors (Lipinski definition) is 0. The van der Waals surface area contributed by atoms with Crippen LogP contribution in [0.3, 0.4) is 0 Å². The van der Waals surface area contributed by atoms with E-state index in [1.54, 1.807) is 30.3 Å². The average molecular weight is 344 g/mol. The minimum atomic E-state index is -0.177. The summed E-state index contributed by atoms with van der Waals surface area (Å²) in [6.07, 6.45) is 6.97. The summed E-state index contributed by atoms with van der Waals surface area (Å²) in [7, 11) is 0. The summed E-state index contributed by atoms with van der Waals surface area (Å²) in [5.74, 6) is -0.438. The standard InChI is InChI=1S/C23H20O3/c1-2-20(24)18-13-19-21(15-10-6-4-3-5-9-14(15)18)23(26)17-12-8-7-11-16(17)22(19)25/h2,7-8,11-13H,1,3-6,9-10H2. The Morgan fingerprint density at radius 3 is 2.12 bits per heavy atom. The van der Waals surface area contributed by atoms with Crippen LogP contribution in [0, 0.1) is 0 Å². The normalized spacial score (nSPS) is 16.0. The second kappa shape index (κ2) is 6.49. The van der Waals surface area contributed by atoms with Crippen LogP contribution in [0.4, 0.5) is 0 Å². The van der Waals surface area contributed by atoms with Gasteiger partial charge in [-0.1, -0.05) is 43.7 Å². The molecule has 3 nitrogen and oxygen atoms in total. The summed E-state index contributed by atoms with van der Waals surface area (Å²) in [4.78, 5) is 38.8. The van der Waals surface area contributed by atoms with Crippen molar-refractivity contribution in [3.63, 3.8) is 0 Å². The van der Waals surface area contributed by atoms with Crippen molar-refractivity contribution >= 4 is 17.3 Å². The molecular weight excluding hydrogens is 324 g/mol. The molecule has 0 unspecified atom stereocenters. The van der Waals surface area contributed by atoms with Gasteiger partial charge in [0.25, 0.3) is 0 Å². The van der Waals surface area contributed by atoms with E-state index >= 15 is 0 Å². The van der Waals surface area contributed by atoms with Crippen LogP contribution in [0.2, 0.25) is 0 Å². The van der Waals surface area contributed by atoms with E-state index < -0.39 is 0 Å². The molecule has 0 radical (unpaired) electrons. The first-order chi connectivity index (χ1) is 12.6. The highest BCUT2D eigenvalue weighted by molar-refractivity contribution is 6.29. The Balaban J connectivity index is 2.03. The highest BCUT2D eigenvalue weighted by Gasteiger charge is 2.34. The largest absolute Gasteiger partial charge is 0.289 e. The smallest absolute Gasteiger partial charge is 0.194 e. The molecule has 4 rings (SSSR count). The molecule has 0 amide bonds. The third-order valence-electron chi connectivity index (χ3n) is 5.49. The summed E-state index contributed by atoms with van der Waals surface area (Å²) < 4.78 is 0. The zero-order valence-corrected chi connectivity index (χ0v) is 14.6. The predicted molar refractivity (Wildman–Crippen MR) is 100 cm³/mol. The Hall–Kier alpha value is -2.81. The lowest BCUT2D eigenvalue weighted by molar-refractivity contribution is 0.0977. The molecule has 2 aliphatic rings. The number of ketones is 3. The quantitative estimate of drug-likeness (QED) is 0.508. The molecule has 0 aliphatic heterocycles. The lowest BCUT2D eigenvalue weighted by Crippen LogP contribution is -2.25. The van der Waals surface area contributed by atoms with E-state index in [-0.39, 0.29) is 17.3 Å². The van der Waals surface area contributed by atoms with Gasteiger partial charge in [-0.2, -0.15) is 0 Å². The van der Waals surface area contributed by atoms with Gasteiger partial charge in [0.1, 0.15) is 0 Å². The molecule has 0 saturated heterocycles. The van der Waals surface area contributed by atoms with Gasteiger partial charge in [0.05, 0.1) is 0 Å². The Kier molecular flexibility index (Phi) is 4.15. The van der Waals surface area contributed by atoms with Crippen LogP contribution in [-0.4, -0.2) is 17.3 Å². The van der Waals surface area contributed by atoms with E-state index in [9.17, 15) is 14.4 Å². The van der Waals surface area contributed by atoms with Crippen molar-refractivity contribution in [3.05, 3.63) is 81.9 Å². The van der Waals surface area contributed by atoms with Gasteiger partial charge in [-0.3, -0.25) is 14.4 Å².